The lowest BCUT2D eigenvalue weighted by atomic mass is 10.2. The molecule has 0 aliphatic heterocycles. The summed E-state index contributed by atoms with van der Waals surface area (Å²) in [5, 5.41) is 4.62. The van der Waals surface area contributed by atoms with Crippen molar-refractivity contribution in [2.24, 2.45) is 0 Å². The summed E-state index contributed by atoms with van der Waals surface area (Å²) in [5.74, 6) is 1.10. The van der Waals surface area contributed by atoms with Crippen LogP contribution >= 0.6 is 11.3 Å². The average Bonchev–Trinajstić information content (AvgIpc) is 2.87. The second-order valence-corrected chi connectivity index (χ2v) is 5.94. The van der Waals surface area contributed by atoms with Gasteiger partial charge in [-0.05, 0) is 32.9 Å². The molecule has 0 radical (unpaired) electrons. The SMILES string of the molecule is CCOc1ccc(NC(=O)CCn2c(C)csc2=O)cc1OCC. The fourth-order valence-corrected chi connectivity index (χ4v) is 3.00. The first kappa shape index (κ1) is 18.1. The minimum Gasteiger partial charge on any atom is -0.490 e. The molecule has 1 aromatic heterocycles. The molecule has 0 fully saturated rings. The van der Waals surface area contributed by atoms with Crippen LogP contribution < -0.4 is 19.7 Å². The third kappa shape index (κ3) is 4.61. The Balaban J connectivity index is 2.00. The number of aromatic nitrogens is 1. The highest BCUT2D eigenvalue weighted by Crippen LogP contribution is 2.30. The molecular weight excluding hydrogens is 328 g/mol. The number of nitrogens with zero attached hydrogens (tertiary/aromatic N) is 1. The maximum absolute atomic E-state index is 12.1. The largest absolute Gasteiger partial charge is 0.490 e. The van der Waals surface area contributed by atoms with Gasteiger partial charge in [0.1, 0.15) is 0 Å². The molecule has 0 atom stereocenters. The molecule has 1 aromatic carbocycles. The summed E-state index contributed by atoms with van der Waals surface area (Å²) in [6.07, 6.45) is 0.231. The van der Waals surface area contributed by atoms with Crippen molar-refractivity contribution in [3.63, 3.8) is 0 Å². The number of rotatable bonds is 8. The number of thiazole rings is 1. The number of nitrogens with one attached hydrogen (secondary N) is 1. The van der Waals surface area contributed by atoms with E-state index in [2.05, 4.69) is 5.32 Å². The van der Waals surface area contributed by atoms with Gasteiger partial charge in [0.2, 0.25) is 5.91 Å². The second-order valence-electron chi connectivity index (χ2n) is 5.12. The first-order valence-corrected chi connectivity index (χ1v) is 8.77. The van der Waals surface area contributed by atoms with Crippen LogP contribution in [0.4, 0.5) is 5.69 Å². The second kappa shape index (κ2) is 8.54. The van der Waals surface area contributed by atoms with Gasteiger partial charge in [-0.1, -0.05) is 11.3 Å². The number of anilines is 1. The quantitative estimate of drug-likeness (QED) is 0.794. The van der Waals surface area contributed by atoms with Crippen molar-refractivity contribution in [3.8, 4) is 11.5 Å². The molecule has 1 N–H and O–H groups in total. The Labute approximate surface area is 145 Å². The van der Waals surface area contributed by atoms with Crippen molar-refractivity contribution in [3.05, 3.63) is 38.9 Å². The van der Waals surface area contributed by atoms with Gasteiger partial charge in [0, 0.05) is 35.8 Å². The molecule has 1 heterocycles. The molecule has 0 saturated heterocycles. The molecule has 1 amide bonds. The average molecular weight is 350 g/mol. The van der Waals surface area contributed by atoms with E-state index in [1.165, 1.54) is 0 Å². The number of ether oxygens (including phenoxy) is 2. The van der Waals surface area contributed by atoms with Crippen LogP contribution in [0.3, 0.4) is 0 Å². The Hall–Kier alpha value is -2.28. The Bertz CT molecular complexity index is 751. The summed E-state index contributed by atoms with van der Waals surface area (Å²) >= 11 is 1.15. The van der Waals surface area contributed by atoms with E-state index in [9.17, 15) is 9.59 Å². The van der Waals surface area contributed by atoms with Crippen LogP contribution in [0, 0.1) is 6.92 Å². The monoisotopic (exact) mass is 350 g/mol. The van der Waals surface area contributed by atoms with Gasteiger partial charge in [-0.2, -0.15) is 0 Å². The molecule has 0 aliphatic rings. The van der Waals surface area contributed by atoms with Crippen LogP contribution in [-0.2, 0) is 11.3 Å². The summed E-state index contributed by atoms with van der Waals surface area (Å²) in [4.78, 5) is 23.7. The van der Waals surface area contributed by atoms with Crippen molar-refractivity contribution < 1.29 is 14.3 Å². The number of hydrogen-bond acceptors (Lipinski definition) is 5. The van der Waals surface area contributed by atoms with Crippen LogP contribution in [0.2, 0.25) is 0 Å². The molecule has 6 nitrogen and oxygen atoms in total. The number of benzene rings is 1. The topological polar surface area (TPSA) is 69.6 Å². The van der Waals surface area contributed by atoms with E-state index in [1.54, 1.807) is 28.1 Å². The van der Waals surface area contributed by atoms with Crippen molar-refractivity contribution in [2.75, 3.05) is 18.5 Å². The summed E-state index contributed by atoms with van der Waals surface area (Å²) in [6, 6.07) is 5.29. The summed E-state index contributed by atoms with van der Waals surface area (Å²) < 4.78 is 12.6. The van der Waals surface area contributed by atoms with Gasteiger partial charge < -0.3 is 19.4 Å². The molecule has 0 unspecified atom stereocenters. The van der Waals surface area contributed by atoms with E-state index >= 15 is 0 Å². The van der Waals surface area contributed by atoms with Crippen LogP contribution in [0.25, 0.3) is 0 Å². The number of aryl methyl sites for hydroxylation is 1. The lowest BCUT2D eigenvalue weighted by Crippen LogP contribution is -2.20. The zero-order valence-electron chi connectivity index (χ0n) is 14.1. The lowest BCUT2D eigenvalue weighted by Gasteiger charge is -2.13. The van der Waals surface area contributed by atoms with E-state index in [1.807, 2.05) is 20.8 Å². The standard InChI is InChI=1S/C17H22N2O4S/c1-4-22-14-7-6-13(10-15(14)23-5-2)18-16(20)8-9-19-12(3)11-24-17(19)21/h6-7,10-11H,4-5,8-9H2,1-3H3,(H,18,20). The molecule has 0 bridgehead atoms. The minimum absolute atomic E-state index is 0.0417. The lowest BCUT2D eigenvalue weighted by molar-refractivity contribution is -0.116. The predicted molar refractivity (Wildman–Crippen MR) is 95.3 cm³/mol. The molecule has 2 rings (SSSR count). The molecule has 7 heteroatoms. The van der Waals surface area contributed by atoms with Gasteiger partial charge in [0.05, 0.1) is 13.2 Å². The molecule has 24 heavy (non-hydrogen) atoms. The molecule has 0 saturated carbocycles. The maximum Gasteiger partial charge on any atom is 0.307 e. The van der Waals surface area contributed by atoms with E-state index < -0.39 is 0 Å². The Kier molecular flexibility index (Phi) is 6.43. The maximum atomic E-state index is 12.1. The van der Waals surface area contributed by atoms with Crippen LogP contribution in [0.1, 0.15) is 26.0 Å². The third-order valence-electron chi connectivity index (χ3n) is 3.37. The van der Waals surface area contributed by atoms with Crippen LogP contribution in [-0.4, -0.2) is 23.7 Å². The zero-order valence-corrected chi connectivity index (χ0v) is 14.9. The van der Waals surface area contributed by atoms with Gasteiger partial charge >= 0.3 is 4.87 Å². The predicted octanol–water partition coefficient (Wildman–Crippen LogP) is 3.04. The normalized spacial score (nSPS) is 10.5. The van der Waals surface area contributed by atoms with E-state index in [0.29, 0.717) is 36.9 Å². The first-order chi connectivity index (χ1) is 11.5. The van der Waals surface area contributed by atoms with Crippen LogP contribution in [0.15, 0.2) is 28.4 Å². The van der Waals surface area contributed by atoms with Gasteiger partial charge in [0.15, 0.2) is 11.5 Å². The molecule has 130 valence electrons. The van der Waals surface area contributed by atoms with Crippen molar-refractivity contribution in [1.29, 1.82) is 0 Å². The third-order valence-corrected chi connectivity index (χ3v) is 4.25. The van der Waals surface area contributed by atoms with E-state index in [-0.39, 0.29) is 17.2 Å². The van der Waals surface area contributed by atoms with E-state index in [4.69, 9.17) is 9.47 Å². The smallest absolute Gasteiger partial charge is 0.307 e. The Morgan fingerprint density at radius 3 is 2.54 bits per heavy atom. The minimum atomic E-state index is -0.154. The molecule has 0 spiro atoms. The number of carbonyl (C=O) groups is 1. The highest BCUT2D eigenvalue weighted by atomic mass is 32.1. The molecule has 0 aliphatic carbocycles. The molecular formula is C17H22N2O4S. The van der Waals surface area contributed by atoms with Crippen molar-refractivity contribution in [2.45, 2.75) is 33.7 Å². The Morgan fingerprint density at radius 1 is 1.21 bits per heavy atom. The first-order valence-electron chi connectivity index (χ1n) is 7.89. The number of hydrogen-bond donors (Lipinski definition) is 1. The van der Waals surface area contributed by atoms with Gasteiger partial charge in [-0.25, -0.2) is 0 Å². The summed E-state index contributed by atoms with van der Waals surface area (Å²) in [5.41, 5.74) is 1.51. The summed E-state index contributed by atoms with van der Waals surface area (Å²) in [7, 11) is 0. The number of amides is 1. The summed E-state index contributed by atoms with van der Waals surface area (Å²) in [6.45, 7) is 7.08. The van der Waals surface area contributed by atoms with Crippen LogP contribution in [0.5, 0.6) is 11.5 Å². The highest BCUT2D eigenvalue weighted by Gasteiger charge is 2.10. The highest BCUT2D eigenvalue weighted by molar-refractivity contribution is 7.07. The van der Waals surface area contributed by atoms with Crippen molar-refractivity contribution >= 4 is 22.9 Å². The fourth-order valence-electron chi connectivity index (χ4n) is 2.24. The fraction of sp³-hybridized carbons (Fsp3) is 0.412. The molecule has 2 aromatic rings. The van der Waals surface area contributed by atoms with Gasteiger partial charge in [-0.15, -0.1) is 0 Å². The van der Waals surface area contributed by atoms with Crippen molar-refractivity contribution in [1.82, 2.24) is 4.57 Å². The van der Waals surface area contributed by atoms with Gasteiger partial charge in [-0.3, -0.25) is 9.59 Å². The zero-order chi connectivity index (χ0) is 17.5. The Morgan fingerprint density at radius 2 is 1.92 bits per heavy atom. The van der Waals surface area contributed by atoms with E-state index in [0.717, 1.165) is 17.0 Å². The van der Waals surface area contributed by atoms with Gasteiger partial charge in [0.25, 0.3) is 0 Å². The number of carbonyl (C=O) groups excluding carboxylic acids is 1.